The molecule has 0 saturated heterocycles. The summed E-state index contributed by atoms with van der Waals surface area (Å²) in [5, 5.41) is 6.04. The molecule has 1 heterocycles. The number of Topliss-reactive ketones (excluding diaryl/α,β-unsaturated/α-hetero) is 1. The van der Waals surface area contributed by atoms with E-state index in [9.17, 15) is 9.59 Å². The summed E-state index contributed by atoms with van der Waals surface area (Å²) in [6, 6.07) is 14.5. The molecule has 28 heavy (non-hydrogen) atoms. The smallest absolute Gasteiger partial charge is 0.274 e. The second-order valence-electron chi connectivity index (χ2n) is 6.72. The largest absolute Gasteiger partial charge is 0.340 e. The standard InChI is InChI=1S/C22H22N4O2/c1-13-5-10-19(14(2)11-13)26-22(28)20-12-21(24-16(4)23-20)25-18-8-6-17(7-9-18)15(3)27/h5-12H,1-4H3,(H,26,28)(H,23,24,25). The predicted octanol–water partition coefficient (Wildman–Crippen LogP) is 4.60. The Morgan fingerprint density at radius 3 is 2.25 bits per heavy atom. The van der Waals surface area contributed by atoms with E-state index < -0.39 is 0 Å². The van der Waals surface area contributed by atoms with Crippen molar-refractivity contribution in [2.75, 3.05) is 10.6 Å². The number of nitrogens with zero attached hydrogens (tertiary/aromatic N) is 2. The van der Waals surface area contributed by atoms with E-state index in [1.54, 1.807) is 37.3 Å². The lowest BCUT2D eigenvalue weighted by Gasteiger charge is -2.11. The first-order valence-electron chi connectivity index (χ1n) is 8.94. The number of hydrogen-bond donors (Lipinski definition) is 2. The summed E-state index contributed by atoms with van der Waals surface area (Å²) in [5.74, 6) is 0.701. The molecule has 1 aromatic heterocycles. The monoisotopic (exact) mass is 374 g/mol. The first-order valence-corrected chi connectivity index (χ1v) is 8.94. The van der Waals surface area contributed by atoms with Gasteiger partial charge in [-0.15, -0.1) is 0 Å². The van der Waals surface area contributed by atoms with Crippen molar-refractivity contribution in [2.24, 2.45) is 0 Å². The Hall–Kier alpha value is -3.54. The number of aromatic nitrogens is 2. The van der Waals surface area contributed by atoms with Crippen LogP contribution in [0, 0.1) is 20.8 Å². The second-order valence-corrected chi connectivity index (χ2v) is 6.72. The minimum atomic E-state index is -0.299. The summed E-state index contributed by atoms with van der Waals surface area (Å²) >= 11 is 0. The molecule has 6 heteroatoms. The first-order chi connectivity index (χ1) is 13.3. The Bertz CT molecular complexity index is 1040. The van der Waals surface area contributed by atoms with Gasteiger partial charge in [-0.1, -0.05) is 17.7 Å². The molecular formula is C22H22N4O2. The molecule has 142 valence electrons. The van der Waals surface area contributed by atoms with Gasteiger partial charge in [0, 0.05) is 23.0 Å². The zero-order valence-corrected chi connectivity index (χ0v) is 16.3. The molecule has 0 aliphatic carbocycles. The molecule has 0 aliphatic rings. The van der Waals surface area contributed by atoms with Gasteiger partial charge in [0.25, 0.3) is 5.91 Å². The maximum atomic E-state index is 12.7. The van der Waals surface area contributed by atoms with Crippen LogP contribution in [-0.2, 0) is 0 Å². The molecule has 0 atom stereocenters. The van der Waals surface area contributed by atoms with Crippen molar-refractivity contribution < 1.29 is 9.59 Å². The summed E-state index contributed by atoms with van der Waals surface area (Å²) in [7, 11) is 0. The third-order valence-corrected chi connectivity index (χ3v) is 4.26. The van der Waals surface area contributed by atoms with Gasteiger partial charge < -0.3 is 10.6 Å². The fourth-order valence-corrected chi connectivity index (χ4v) is 2.82. The fourth-order valence-electron chi connectivity index (χ4n) is 2.82. The lowest BCUT2D eigenvalue weighted by molar-refractivity contribution is 0.101. The molecule has 0 saturated carbocycles. The van der Waals surface area contributed by atoms with Gasteiger partial charge in [-0.2, -0.15) is 0 Å². The van der Waals surface area contributed by atoms with E-state index in [2.05, 4.69) is 20.6 Å². The van der Waals surface area contributed by atoms with E-state index in [1.807, 2.05) is 32.0 Å². The topological polar surface area (TPSA) is 84.0 Å². The van der Waals surface area contributed by atoms with Crippen molar-refractivity contribution in [3.05, 3.63) is 76.7 Å². The van der Waals surface area contributed by atoms with Crippen molar-refractivity contribution in [1.82, 2.24) is 9.97 Å². The van der Waals surface area contributed by atoms with Crippen molar-refractivity contribution in [3.8, 4) is 0 Å². The van der Waals surface area contributed by atoms with Crippen LogP contribution >= 0.6 is 0 Å². The number of carbonyl (C=O) groups excluding carboxylic acids is 2. The van der Waals surface area contributed by atoms with Crippen molar-refractivity contribution in [2.45, 2.75) is 27.7 Å². The van der Waals surface area contributed by atoms with Gasteiger partial charge in [-0.3, -0.25) is 9.59 Å². The number of ketones is 1. The average molecular weight is 374 g/mol. The van der Waals surface area contributed by atoms with Gasteiger partial charge in [0.05, 0.1) is 0 Å². The molecule has 0 bridgehead atoms. The van der Waals surface area contributed by atoms with E-state index in [0.717, 1.165) is 22.5 Å². The Balaban J connectivity index is 1.80. The third kappa shape index (κ3) is 4.59. The highest BCUT2D eigenvalue weighted by Gasteiger charge is 2.12. The molecule has 1 amide bonds. The number of rotatable bonds is 5. The van der Waals surface area contributed by atoms with Gasteiger partial charge in [0.15, 0.2) is 5.78 Å². The van der Waals surface area contributed by atoms with Crippen LogP contribution in [0.25, 0.3) is 0 Å². The van der Waals surface area contributed by atoms with Gasteiger partial charge >= 0.3 is 0 Å². The van der Waals surface area contributed by atoms with E-state index in [0.29, 0.717) is 17.2 Å². The number of amides is 1. The SMILES string of the molecule is CC(=O)c1ccc(Nc2cc(C(=O)Nc3ccc(C)cc3C)nc(C)n2)cc1. The second kappa shape index (κ2) is 8.00. The van der Waals surface area contributed by atoms with Crippen LogP contribution in [0.15, 0.2) is 48.5 Å². The van der Waals surface area contributed by atoms with Crippen LogP contribution in [0.2, 0.25) is 0 Å². The first kappa shape index (κ1) is 19.2. The molecule has 6 nitrogen and oxygen atoms in total. The summed E-state index contributed by atoms with van der Waals surface area (Å²) < 4.78 is 0. The summed E-state index contributed by atoms with van der Waals surface area (Å²) in [5.41, 5.74) is 4.55. The van der Waals surface area contributed by atoms with Crippen molar-refractivity contribution in [1.29, 1.82) is 0 Å². The van der Waals surface area contributed by atoms with Gasteiger partial charge in [0.1, 0.15) is 17.3 Å². The van der Waals surface area contributed by atoms with Gasteiger partial charge in [0.2, 0.25) is 0 Å². The van der Waals surface area contributed by atoms with Crippen LogP contribution in [0.1, 0.15) is 44.7 Å². The summed E-state index contributed by atoms with van der Waals surface area (Å²) in [4.78, 5) is 32.6. The highest BCUT2D eigenvalue weighted by atomic mass is 16.2. The number of anilines is 3. The van der Waals surface area contributed by atoms with E-state index in [-0.39, 0.29) is 17.4 Å². The molecule has 3 aromatic rings. The highest BCUT2D eigenvalue weighted by Crippen LogP contribution is 2.19. The van der Waals surface area contributed by atoms with E-state index in [1.165, 1.54) is 6.92 Å². The maximum absolute atomic E-state index is 12.7. The highest BCUT2D eigenvalue weighted by molar-refractivity contribution is 6.03. The van der Waals surface area contributed by atoms with Crippen LogP contribution in [0.4, 0.5) is 17.2 Å². The number of aryl methyl sites for hydroxylation is 3. The molecule has 0 fully saturated rings. The third-order valence-electron chi connectivity index (χ3n) is 4.26. The number of carbonyl (C=O) groups is 2. The average Bonchev–Trinajstić information content (AvgIpc) is 2.64. The molecule has 2 N–H and O–H groups in total. The quantitative estimate of drug-likeness (QED) is 0.638. The zero-order valence-electron chi connectivity index (χ0n) is 16.3. The molecule has 0 spiro atoms. The molecule has 0 radical (unpaired) electrons. The molecular weight excluding hydrogens is 352 g/mol. The Morgan fingerprint density at radius 2 is 1.61 bits per heavy atom. The van der Waals surface area contributed by atoms with Crippen LogP contribution in [-0.4, -0.2) is 21.7 Å². The van der Waals surface area contributed by atoms with E-state index >= 15 is 0 Å². The molecule has 0 aliphatic heterocycles. The Labute approximate surface area is 164 Å². The number of benzene rings is 2. The van der Waals surface area contributed by atoms with Crippen molar-refractivity contribution in [3.63, 3.8) is 0 Å². The lowest BCUT2D eigenvalue weighted by Crippen LogP contribution is -2.16. The van der Waals surface area contributed by atoms with Crippen LogP contribution < -0.4 is 10.6 Å². The normalized spacial score (nSPS) is 10.4. The number of hydrogen-bond acceptors (Lipinski definition) is 5. The Kier molecular flexibility index (Phi) is 5.49. The van der Waals surface area contributed by atoms with Gasteiger partial charge in [-0.05, 0) is 63.6 Å². The lowest BCUT2D eigenvalue weighted by atomic mass is 10.1. The van der Waals surface area contributed by atoms with E-state index in [4.69, 9.17) is 0 Å². The minimum Gasteiger partial charge on any atom is -0.340 e. The predicted molar refractivity (Wildman–Crippen MR) is 110 cm³/mol. The molecule has 0 unspecified atom stereocenters. The van der Waals surface area contributed by atoms with Crippen molar-refractivity contribution >= 4 is 28.9 Å². The summed E-state index contributed by atoms with van der Waals surface area (Å²) in [6.45, 7) is 7.22. The molecule has 2 aromatic carbocycles. The van der Waals surface area contributed by atoms with Gasteiger partial charge in [-0.25, -0.2) is 9.97 Å². The van der Waals surface area contributed by atoms with Crippen LogP contribution in [0.5, 0.6) is 0 Å². The Morgan fingerprint density at radius 1 is 0.893 bits per heavy atom. The minimum absolute atomic E-state index is 0.00906. The maximum Gasteiger partial charge on any atom is 0.274 e. The van der Waals surface area contributed by atoms with Crippen LogP contribution in [0.3, 0.4) is 0 Å². The fraction of sp³-hybridized carbons (Fsp3) is 0.182. The number of nitrogens with one attached hydrogen (secondary N) is 2. The molecule has 3 rings (SSSR count). The zero-order chi connectivity index (χ0) is 20.3. The summed E-state index contributed by atoms with van der Waals surface area (Å²) in [6.07, 6.45) is 0.